The number of amides is 2. The van der Waals surface area contributed by atoms with Crippen LogP contribution in [0.3, 0.4) is 0 Å². The topological polar surface area (TPSA) is 105 Å². The quantitative estimate of drug-likeness (QED) is 0.530. The second-order valence-electron chi connectivity index (χ2n) is 8.90. The molecule has 7 heteroatoms. The molecule has 0 fully saturated rings. The molecular weight excluding hydrogens is 420 g/mol. The molecule has 33 heavy (non-hydrogen) atoms. The molecular formula is C26H32N2O5. The fourth-order valence-corrected chi connectivity index (χ4v) is 4.23. The van der Waals surface area contributed by atoms with Gasteiger partial charge in [-0.25, -0.2) is 9.59 Å². The Morgan fingerprint density at radius 3 is 1.94 bits per heavy atom. The Kier molecular flexibility index (Phi) is 7.74. The Labute approximate surface area is 194 Å². The van der Waals surface area contributed by atoms with Gasteiger partial charge in [0.05, 0.1) is 0 Å². The smallest absolute Gasteiger partial charge is 0.407 e. The number of carbonyl (C=O) groups is 3. The first-order chi connectivity index (χ1) is 15.7. The number of fused-ring (bicyclic) bond motifs is 3. The standard InChI is InChI=1S/C26H32N2O5/c1-5-16(4)23(24(29)27-22(15(2)3)25(30)31)28-26(32)33-14-21-19-12-8-6-10-17(19)18-11-7-9-13-20(18)21/h6-13,15-16,21-23H,5,14H2,1-4H3,(H,27,29)(H,28,32)(H,30,31)/t16-,22+,23-/m0/s1. The molecule has 1 aliphatic rings. The van der Waals surface area contributed by atoms with Gasteiger partial charge in [-0.2, -0.15) is 0 Å². The average molecular weight is 453 g/mol. The third kappa shape index (κ3) is 5.35. The molecule has 3 N–H and O–H groups in total. The van der Waals surface area contributed by atoms with Crippen molar-refractivity contribution in [1.29, 1.82) is 0 Å². The van der Waals surface area contributed by atoms with E-state index < -0.39 is 30.1 Å². The summed E-state index contributed by atoms with van der Waals surface area (Å²) in [6, 6.07) is 14.2. The molecule has 0 radical (unpaired) electrons. The van der Waals surface area contributed by atoms with Crippen molar-refractivity contribution in [3.05, 3.63) is 59.7 Å². The van der Waals surface area contributed by atoms with Crippen LogP contribution >= 0.6 is 0 Å². The number of aliphatic carboxylic acids is 1. The second kappa shape index (κ2) is 10.5. The minimum atomic E-state index is -1.11. The number of carboxylic acids is 1. The highest BCUT2D eigenvalue weighted by molar-refractivity contribution is 5.89. The first-order valence-corrected chi connectivity index (χ1v) is 11.4. The molecule has 0 aliphatic heterocycles. The van der Waals surface area contributed by atoms with E-state index in [4.69, 9.17) is 4.74 Å². The summed E-state index contributed by atoms with van der Waals surface area (Å²) >= 11 is 0. The molecule has 0 unspecified atom stereocenters. The minimum Gasteiger partial charge on any atom is -0.480 e. The highest BCUT2D eigenvalue weighted by atomic mass is 16.5. The Bertz CT molecular complexity index is 974. The van der Waals surface area contributed by atoms with E-state index in [2.05, 4.69) is 22.8 Å². The van der Waals surface area contributed by atoms with Gasteiger partial charge >= 0.3 is 12.1 Å². The summed E-state index contributed by atoms with van der Waals surface area (Å²) in [5, 5.41) is 14.6. The van der Waals surface area contributed by atoms with Crippen molar-refractivity contribution in [3.63, 3.8) is 0 Å². The molecule has 1 aliphatic carbocycles. The van der Waals surface area contributed by atoms with Crippen molar-refractivity contribution in [3.8, 4) is 11.1 Å². The van der Waals surface area contributed by atoms with Gasteiger partial charge < -0.3 is 20.5 Å². The van der Waals surface area contributed by atoms with E-state index in [9.17, 15) is 19.5 Å². The van der Waals surface area contributed by atoms with Crippen LogP contribution in [0.1, 0.15) is 51.2 Å². The molecule has 0 saturated heterocycles. The zero-order valence-corrected chi connectivity index (χ0v) is 19.5. The van der Waals surface area contributed by atoms with Gasteiger partial charge in [0.1, 0.15) is 18.7 Å². The Hall–Kier alpha value is -3.35. The predicted octanol–water partition coefficient (Wildman–Crippen LogP) is 4.17. The zero-order valence-electron chi connectivity index (χ0n) is 19.5. The summed E-state index contributed by atoms with van der Waals surface area (Å²) in [7, 11) is 0. The molecule has 2 aromatic carbocycles. The molecule has 3 rings (SSSR count). The van der Waals surface area contributed by atoms with Crippen LogP contribution in [0.4, 0.5) is 4.79 Å². The van der Waals surface area contributed by atoms with E-state index >= 15 is 0 Å². The van der Waals surface area contributed by atoms with E-state index in [-0.39, 0.29) is 24.4 Å². The summed E-state index contributed by atoms with van der Waals surface area (Å²) in [5.41, 5.74) is 4.47. The number of hydrogen-bond acceptors (Lipinski definition) is 4. The number of carbonyl (C=O) groups excluding carboxylic acids is 2. The van der Waals surface area contributed by atoms with Gasteiger partial charge in [0.15, 0.2) is 0 Å². The summed E-state index contributed by atoms with van der Waals surface area (Å²) in [5.74, 6) is -2.22. The fraction of sp³-hybridized carbons (Fsp3) is 0.423. The van der Waals surface area contributed by atoms with Gasteiger partial charge in [-0.05, 0) is 34.1 Å². The van der Waals surface area contributed by atoms with E-state index in [0.717, 1.165) is 22.3 Å². The van der Waals surface area contributed by atoms with E-state index in [1.807, 2.05) is 50.2 Å². The van der Waals surface area contributed by atoms with Crippen LogP contribution in [-0.4, -0.2) is 41.8 Å². The largest absolute Gasteiger partial charge is 0.480 e. The highest BCUT2D eigenvalue weighted by Crippen LogP contribution is 2.44. The summed E-state index contributed by atoms with van der Waals surface area (Å²) < 4.78 is 5.57. The molecule has 3 atom stereocenters. The predicted molar refractivity (Wildman–Crippen MR) is 126 cm³/mol. The molecule has 0 heterocycles. The van der Waals surface area contributed by atoms with Gasteiger partial charge in [0.25, 0.3) is 0 Å². The molecule has 2 amide bonds. The van der Waals surface area contributed by atoms with Crippen molar-refractivity contribution in [2.75, 3.05) is 6.61 Å². The summed E-state index contributed by atoms with van der Waals surface area (Å²) in [6.45, 7) is 7.31. The first-order valence-electron chi connectivity index (χ1n) is 11.4. The van der Waals surface area contributed by atoms with Crippen LogP contribution in [-0.2, 0) is 14.3 Å². The molecule has 0 spiro atoms. The Morgan fingerprint density at radius 2 is 1.45 bits per heavy atom. The lowest BCUT2D eigenvalue weighted by Crippen LogP contribution is -2.55. The van der Waals surface area contributed by atoms with Crippen LogP contribution in [0.2, 0.25) is 0 Å². The van der Waals surface area contributed by atoms with Crippen molar-refractivity contribution in [1.82, 2.24) is 10.6 Å². The van der Waals surface area contributed by atoms with Crippen LogP contribution in [0.15, 0.2) is 48.5 Å². The Balaban J connectivity index is 1.69. The second-order valence-corrected chi connectivity index (χ2v) is 8.90. The number of carboxylic acid groups (broad SMARTS) is 1. The molecule has 7 nitrogen and oxygen atoms in total. The minimum absolute atomic E-state index is 0.0867. The van der Waals surface area contributed by atoms with E-state index in [1.54, 1.807) is 13.8 Å². The normalized spacial score (nSPS) is 15.2. The molecule has 0 aromatic heterocycles. The number of rotatable bonds is 9. The van der Waals surface area contributed by atoms with Gasteiger partial charge in [-0.1, -0.05) is 82.6 Å². The van der Waals surface area contributed by atoms with Crippen molar-refractivity contribution in [2.45, 2.75) is 52.1 Å². The molecule has 0 bridgehead atoms. The van der Waals surface area contributed by atoms with Crippen LogP contribution in [0.25, 0.3) is 11.1 Å². The van der Waals surface area contributed by atoms with Crippen molar-refractivity contribution < 1.29 is 24.2 Å². The van der Waals surface area contributed by atoms with E-state index in [1.165, 1.54) is 0 Å². The lowest BCUT2D eigenvalue weighted by Gasteiger charge is -2.26. The fourth-order valence-electron chi connectivity index (χ4n) is 4.23. The van der Waals surface area contributed by atoms with Gasteiger partial charge in [0, 0.05) is 5.92 Å². The maximum atomic E-state index is 12.8. The maximum Gasteiger partial charge on any atom is 0.407 e. The molecule has 0 saturated carbocycles. The van der Waals surface area contributed by atoms with Gasteiger partial charge in [-0.3, -0.25) is 4.79 Å². The zero-order chi connectivity index (χ0) is 24.1. The number of alkyl carbamates (subject to hydrolysis) is 1. The van der Waals surface area contributed by atoms with Gasteiger partial charge in [-0.15, -0.1) is 0 Å². The number of benzene rings is 2. The maximum absolute atomic E-state index is 12.8. The third-order valence-electron chi connectivity index (χ3n) is 6.34. The number of ether oxygens (including phenoxy) is 1. The monoisotopic (exact) mass is 452 g/mol. The van der Waals surface area contributed by atoms with Crippen LogP contribution < -0.4 is 10.6 Å². The number of hydrogen-bond donors (Lipinski definition) is 3. The van der Waals surface area contributed by atoms with E-state index in [0.29, 0.717) is 6.42 Å². The lowest BCUT2D eigenvalue weighted by molar-refractivity contribution is -0.143. The summed E-state index contributed by atoms with van der Waals surface area (Å²) in [4.78, 5) is 37.0. The van der Waals surface area contributed by atoms with Crippen LogP contribution in [0.5, 0.6) is 0 Å². The third-order valence-corrected chi connectivity index (χ3v) is 6.34. The number of nitrogens with one attached hydrogen (secondary N) is 2. The van der Waals surface area contributed by atoms with Crippen LogP contribution in [0, 0.1) is 11.8 Å². The summed E-state index contributed by atoms with van der Waals surface area (Å²) in [6.07, 6.45) is -0.0741. The Morgan fingerprint density at radius 1 is 0.909 bits per heavy atom. The highest BCUT2D eigenvalue weighted by Gasteiger charge is 2.33. The van der Waals surface area contributed by atoms with Crippen molar-refractivity contribution >= 4 is 18.0 Å². The SMILES string of the molecule is CC[C@H](C)[C@H](NC(=O)OCC1c2ccccc2-c2ccccc21)C(=O)N[C@@H](C(=O)O)C(C)C. The lowest BCUT2D eigenvalue weighted by atomic mass is 9.97. The first kappa shape index (κ1) is 24.3. The van der Waals surface area contributed by atoms with Gasteiger partial charge in [0.2, 0.25) is 5.91 Å². The molecule has 2 aromatic rings. The van der Waals surface area contributed by atoms with Crippen molar-refractivity contribution in [2.24, 2.45) is 11.8 Å². The average Bonchev–Trinajstić information content (AvgIpc) is 3.12. The molecule has 176 valence electrons.